The predicted octanol–water partition coefficient (Wildman–Crippen LogP) is 2.58. The van der Waals surface area contributed by atoms with Gasteiger partial charge in [-0.2, -0.15) is 0 Å². The van der Waals surface area contributed by atoms with Crippen LogP contribution in [0.3, 0.4) is 0 Å². The molecule has 4 heteroatoms. The maximum atomic E-state index is 4.36. The number of rotatable bonds is 7. The standard InChI is InChI=1S/C14H26N4/c1-3-10-18-12-9-16-14(18)15-8-11-17(2)13-6-4-5-7-13/h9,12-13H,3-8,10-11H2,1-2H3,(H,15,16). The van der Waals surface area contributed by atoms with E-state index in [-0.39, 0.29) is 0 Å². The average Bonchev–Trinajstić information content (AvgIpc) is 3.01. The summed E-state index contributed by atoms with van der Waals surface area (Å²) < 4.78 is 2.19. The number of nitrogens with one attached hydrogen (secondary N) is 1. The lowest BCUT2D eigenvalue weighted by Gasteiger charge is -2.24. The molecule has 0 bridgehead atoms. The highest BCUT2D eigenvalue weighted by Crippen LogP contribution is 2.21. The van der Waals surface area contributed by atoms with E-state index in [1.807, 2.05) is 12.4 Å². The van der Waals surface area contributed by atoms with Crippen LogP contribution in [-0.2, 0) is 6.54 Å². The van der Waals surface area contributed by atoms with E-state index in [0.717, 1.165) is 38.0 Å². The zero-order valence-corrected chi connectivity index (χ0v) is 11.7. The molecular weight excluding hydrogens is 224 g/mol. The molecule has 0 aromatic carbocycles. The Hall–Kier alpha value is -1.03. The third-order valence-electron chi connectivity index (χ3n) is 3.88. The molecule has 1 aromatic heterocycles. The van der Waals surface area contributed by atoms with Crippen LogP contribution in [0.25, 0.3) is 0 Å². The number of aromatic nitrogens is 2. The van der Waals surface area contributed by atoms with E-state index < -0.39 is 0 Å². The molecule has 1 aliphatic carbocycles. The number of likely N-dealkylation sites (N-methyl/N-ethyl adjacent to an activating group) is 1. The molecule has 1 N–H and O–H groups in total. The minimum absolute atomic E-state index is 0.808. The van der Waals surface area contributed by atoms with Crippen LogP contribution in [0.4, 0.5) is 5.95 Å². The van der Waals surface area contributed by atoms with E-state index in [1.165, 1.54) is 25.7 Å². The van der Waals surface area contributed by atoms with Crippen LogP contribution < -0.4 is 5.32 Å². The van der Waals surface area contributed by atoms with Gasteiger partial charge in [0.05, 0.1) is 0 Å². The number of imidazole rings is 1. The Labute approximate surface area is 110 Å². The van der Waals surface area contributed by atoms with Crippen molar-refractivity contribution in [1.29, 1.82) is 0 Å². The quantitative estimate of drug-likeness (QED) is 0.807. The summed E-state index contributed by atoms with van der Waals surface area (Å²) in [7, 11) is 2.25. The van der Waals surface area contributed by atoms with Crippen molar-refractivity contribution >= 4 is 5.95 Å². The van der Waals surface area contributed by atoms with Crippen molar-refractivity contribution in [3.8, 4) is 0 Å². The van der Waals surface area contributed by atoms with Crippen molar-refractivity contribution in [3.63, 3.8) is 0 Å². The zero-order valence-electron chi connectivity index (χ0n) is 11.7. The van der Waals surface area contributed by atoms with Gasteiger partial charge in [0, 0.05) is 38.1 Å². The van der Waals surface area contributed by atoms with Crippen molar-refractivity contribution in [2.75, 3.05) is 25.5 Å². The smallest absolute Gasteiger partial charge is 0.202 e. The minimum atomic E-state index is 0.808. The second kappa shape index (κ2) is 6.78. The van der Waals surface area contributed by atoms with Crippen molar-refractivity contribution in [1.82, 2.24) is 14.5 Å². The Morgan fingerprint density at radius 1 is 1.44 bits per heavy atom. The van der Waals surface area contributed by atoms with Gasteiger partial charge in [-0.25, -0.2) is 4.98 Å². The predicted molar refractivity (Wildman–Crippen MR) is 75.9 cm³/mol. The summed E-state index contributed by atoms with van der Waals surface area (Å²) in [6.07, 6.45) is 10.6. The Balaban J connectivity index is 1.72. The highest BCUT2D eigenvalue weighted by atomic mass is 15.2. The minimum Gasteiger partial charge on any atom is -0.354 e. The number of aryl methyl sites for hydroxylation is 1. The van der Waals surface area contributed by atoms with Crippen LogP contribution in [-0.4, -0.2) is 40.6 Å². The molecule has 1 aliphatic rings. The topological polar surface area (TPSA) is 33.1 Å². The number of hydrogen-bond donors (Lipinski definition) is 1. The van der Waals surface area contributed by atoms with Crippen molar-refractivity contribution in [3.05, 3.63) is 12.4 Å². The third kappa shape index (κ3) is 3.48. The zero-order chi connectivity index (χ0) is 12.8. The summed E-state index contributed by atoms with van der Waals surface area (Å²) in [4.78, 5) is 6.86. The molecule has 0 unspecified atom stereocenters. The first-order chi connectivity index (χ1) is 8.81. The van der Waals surface area contributed by atoms with Gasteiger partial charge in [0.2, 0.25) is 5.95 Å². The van der Waals surface area contributed by atoms with E-state index in [1.54, 1.807) is 0 Å². The summed E-state index contributed by atoms with van der Waals surface area (Å²) in [6.45, 7) is 5.32. The Bertz CT molecular complexity index is 341. The molecule has 1 aromatic rings. The molecule has 0 spiro atoms. The molecule has 1 heterocycles. The summed E-state index contributed by atoms with van der Waals surface area (Å²) >= 11 is 0. The van der Waals surface area contributed by atoms with Gasteiger partial charge in [0.25, 0.3) is 0 Å². The lowest BCUT2D eigenvalue weighted by molar-refractivity contribution is 0.254. The summed E-state index contributed by atoms with van der Waals surface area (Å²) in [5.74, 6) is 1.01. The second-order valence-corrected chi connectivity index (χ2v) is 5.29. The van der Waals surface area contributed by atoms with E-state index in [2.05, 4.69) is 33.7 Å². The molecule has 4 nitrogen and oxygen atoms in total. The first-order valence-corrected chi connectivity index (χ1v) is 7.26. The van der Waals surface area contributed by atoms with Gasteiger partial charge in [-0.15, -0.1) is 0 Å². The molecule has 2 rings (SSSR count). The average molecular weight is 250 g/mol. The Kier molecular flexibility index (Phi) is 5.05. The van der Waals surface area contributed by atoms with Crippen LogP contribution in [0.1, 0.15) is 39.0 Å². The van der Waals surface area contributed by atoms with Crippen LogP contribution >= 0.6 is 0 Å². The van der Waals surface area contributed by atoms with Gasteiger partial charge in [0.1, 0.15) is 0 Å². The fourth-order valence-electron chi connectivity index (χ4n) is 2.77. The molecule has 1 saturated carbocycles. The molecule has 0 atom stereocenters. The number of nitrogens with zero attached hydrogens (tertiary/aromatic N) is 3. The van der Waals surface area contributed by atoms with Crippen molar-refractivity contribution < 1.29 is 0 Å². The van der Waals surface area contributed by atoms with Crippen LogP contribution in [0.15, 0.2) is 12.4 Å². The number of hydrogen-bond acceptors (Lipinski definition) is 3. The van der Waals surface area contributed by atoms with E-state index in [9.17, 15) is 0 Å². The number of anilines is 1. The maximum Gasteiger partial charge on any atom is 0.202 e. The Morgan fingerprint density at radius 2 is 2.22 bits per heavy atom. The van der Waals surface area contributed by atoms with Gasteiger partial charge in [-0.3, -0.25) is 0 Å². The third-order valence-corrected chi connectivity index (χ3v) is 3.88. The lowest BCUT2D eigenvalue weighted by atomic mass is 10.2. The summed E-state index contributed by atoms with van der Waals surface area (Å²) in [5.41, 5.74) is 0. The lowest BCUT2D eigenvalue weighted by Crippen LogP contribution is -2.33. The van der Waals surface area contributed by atoms with E-state index in [4.69, 9.17) is 0 Å². The molecule has 0 radical (unpaired) electrons. The van der Waals surface area contributed by atoms with Gasteiger partial charge in [0.15, 0.2) is 0 Å². The van der Waals surface area contributed by atoms with Crippen molar-refractivity contribution in [2.24, 2.45) is 0 Å². The maximum absolute atomic E-state index is 4.36. The molecular formula is C14H26N4. The molecule has 0 saturated heterocycles. The fraction of sp³-hybridized carbons (Fsp3) is 0.786. The van der Waals surface area contributed by atoms with E-state index >= 15 is 0 Å². The summed E-state index contributed by atoms with van der Waals surface area (Å²) in [5, 5.41) is 3.44. The largest absolute Gasteiger partial charge is 0.354 e. The first-order valence-electron chi connectivity index (χ1n) is 7.26. The second-order valence-electron chi connectivity index (χ2n) is 5.29. The first kappa shape index (κ1) is 13.4. The van der Waals surface area contributed by atoms with Crippen LogP contribution in [0.2, 0.25) is 0 Å². The SMILES string of the molecule is CCCn1ccnc1NCCN(C)C1CCCC1. The van der Waals surface area contributed by atoms with Crippen molar-refractivity contribution in [2.45, 2.75) is 51.6 Å². The monoisotopic (exact) mass is 250 g/mol. The van der Waals surface area contributed by atoms with Crippen LogP contribution in [0, 0.1) is 0 Å². The Morgan fingerprint density at radius 3 is 2.94 bits per heavy atom. The molecule has 18 heavy (non-hydrogen) atoms. The van der Waals surface area contributed by atoms with Gasteiger partial charge in [-0.05, 0) is 26.3 Å². The molecule has 1 fully saturated rings. The van der Waals surface area contributed by atoms with Gasteiger partial charge in [-0.1, -0.05) is 19.8 Å². The molecule has 102 valence electrons. The van der Waals surface area contributed by atoms with Gasteiger partial charge < -0.3 is 14.8 Å². The van der Waals surface area contributed by atoms with Crippen LogP contribution in [0.5, 0.6) is 0 Å². The normalized spacial score (nSPS) is 16.6. The van der Waals surface area contributed by atoms with E-state index in [0.29, 0.717) is 0 Å². The highest BCUT2D eigenvalue weighted by molar-refractivity contribution is 5.25. The van der Waals surface area contributed by atoms with Gasteiger partial charge >= 0.3 is 0 Å². The molecule has 0 amide bonds. The summed E-state index contributed by atoms with van der Waals surface area (Å²) in [6, 6.07) is 0.808. The highest BCUT2D eigenvalue weighted by Gasteiger charge is 2.18. The fourth-order valence-corrected chi connectivity index (χ4v) is 2.77. The molecule has 0 aliphatic heterocycles.